The minimum atomic E-state index is -0.265. The molecule has 2 saturated carbocycles. The topological polar surface area (TPSA) is 42.1 Å². The number of hydrogen-bond donors (Lipinski definition) is 0. The Balaban J connectivity index is 0.755. The lowest BCUT2D eigenvalue weighted by Gasteiger charge is -2.31. The Morgan fingerprint density at radius 2 is 0.986 bits per heavy atom. The third-order valence-corrected chi connectivity index (χ3v) is 18.8. The number of fused-ring (bicyclic) bond motifs is 4. The van der Waals surface area contributed by atoms with Crippen LogP contribution in [0.5, 0.6) is 0 Å². The lowest BCUT2D eigenvalue weighted by atomic mass is 9.80. The second-order valence-corrected chi connectivity index (χ2v) is 22.4. The molecule has 366 valence electrons. The molecular formula is C66H58F2N6. The quantitative estimate of drug-likeness (QED) is 0.130. The van der Waals surface area contributed by atoms with Gasteiger partial charge in [-0.15, -0.1) is 0 Å². The largest absolute Gasteiger partial charge is 0.298 e. The molecule has 0 spiro atoms. The van der Waals surface area contributed by atoms with Crippen LogP contribution in [0.1, 0.15) is 58.4 Å². The van der Waals surface area contributed by atoms with E-state index in [4.69, 9.17) is 10.2 Å². The second kappa shape index (κ2) is 16.5. The molecule has 6 atom stereocenters. The first-order valence-corrected chi connectivity index (χ1v) is 26.2. The molecule has 2 aromatic heterocycles. The van der Waals surface area contributed by atoms with E-state index in [0.717, 1.165) is 83.6 Å². The molecule has 2 aliphatic heterocycles. The predicted molar refractivity (Wildman–Crippen MR) is 292 cm³/mol. The summed E-state index contributed by atoms with van der Waals surface area (Å²) in [6.07, 6.45) is 3.93. The van der Waals surface area contributed by atoms with E-state index < -0.39 is 0 Å². The van der Waals surface area contributed by atoms with Gasteiger partial charge < -0.3 is 0 Å². The zero-order valence-corrected chi connectivity index (χ0v) is 42.3. The third-order valence-electron chi connectivity index (χ3n) is 18.8. The van der Waals surface area contributed by atoms with Gasteiger partial charge in [0.05, 0.1) is 34.8 Å². The van der Waals surface area contributed by atoms with E-state index in [1.165, 1.54) is 51.1 Å². The Kier molecular flexibility index (Phi) is 10.1. The number of piperidine rings is 2. The molecule has 0 unspecified atom stereocenters. The fraction of sp³-hybridized carbons (Fsp3) is 0.242. The van der Waals surface area contributed by atoms with Crippen molar-refractivity contribution in [2.24, 2.45) is 11.8 Å². The minimum absolute atomic E-state index is 0.0173. The molecule has 6 nitrogen and oxygen atoms in total. The van der Waals surface area contributed by atoms with Gasteiger partial charge >= 0.3 is 0 Å². The molecule has 2 saturated heterocycles. The van der Waals surface area contributed by atoms with E-state index in [2.05, 4.69) is 171 Å². The van der Waals surface area contributed by atoms with Gasteiger partial charge in [0, 0.05) is 77.3 Å². The van der Waals surface area contributed by atoms with Crippen LogP contribution in [0, 0.1) is 37.3 Å². The molecule has 0 bridgehead atoms. The van der Waals surface area contributed by atoms with Crippen LogP contribution in [0.2, 0.25) is 0 Å². The van der Waals surface area contributed by atoms with Crippen molar-refractivity contribution in [3.05, 3.63) is 251 Å². The SMILES string of the molecule is Cc1cc2c(cnn2-c2ccc(F)cc2)cc1[C@@]12CN(Cc3cccc(-c4cc(-n5ncc6cc([C@]78CN(Cc9ccccc9)C[C@H]7[C@]8(C)c7ccccc7)c(C)cc65)ccc4F)c3)C[C@@H]1[C@@]2(C)c1ccccc1. The van der Waals surface area contributed by atoms with Crippen LogP contribution in [0.15, 0.2) is 194 Å². The molecule has 8 aromatic carbocycles. The number of rotatable bonds is 11. The first-order chi connectivity index (χ1) is 36.0. The highest BCUT2D eigenvalue weighted by atomic mass is 19.1. The van der Waals surface area contributed by atoms with Crippen molar-refractivity contribution in [2.45, 2.75) is 62.4 Å². The molecule has 0 N–H and O–H groups in total. The van der Waals surface area contributed by atoms with Crippen molar-refractivity contribution in [3.63, 3.8) is 0 Å². The van der Waals surface area contributed by atoms with E-state index in [0.29, 0.717) is 17.4 Å². The monoisotopic (exact) mass is 972 g/mol. The first kappa shape index (κ1) is 45.1. The molecule has 4 heterocycles. The molecule has 2 aliphatic carbocycles. The van der Waals surface area contributed by atoms with Crippen LogP contribution in [0.4, 0.5) is 8.78 Å². The number of aryl methyl sites for hydroxylation is 2. The summed E-state index contributed by atoms with van der Waals surface area (Å²) in [4.78, 5) is 5.24. The maximum Gasteiger partial charge on any atom is 0.131 e. The van der Waals surface area contributed by atoms with Crippen LogP contribution in [-0.4, -0.2) is 55.5 Å². The summed E-state index contributed by atoms with van der Waals surface area (Å²) >= 11 is 0. The van der Waals surface area contributed by atoms with E-state index in [1.807, 2.05) is 40.0 Å². The van der Waals surface area contributed by atoms with Gasteiger partial charge in [-0.05, 0) is 149 Å². The van der Waals surface area contributed by atoms with Gasteiger partial charge in [-0.3, -0.25) is 9.80 Å². The lowest BCUT2D eigenvalue weighted by Crippen LogP contribution is -2.35. The molecule has 14 rings (SSSR count). The van der Waals surface area contributed by atoms with Gasteiger partial charge in [-0.2, -0.15) is 10.2 Å². The number of halogens is 2. The first-order valence-electron chi connectivity index (χ1n) is 26.2. The molecule has 4 fully saturated rings. The minimum Gasteiger partial charge on any atom is -0.298 e. The van der Waals surface area contributed by atoms with Gasteiger partial charge in [0.2, 0.25) is 0 Å². The zero-order chi connectivity index (χ0) is 50.1. The average Bonchev–Trinajstić information content (AvgIpc) is 4.10. The Labute approximate surface area is 431 Å². The molecular weight excluding hydrogens is 915 g/mol. The molecule has 0 amide bonds. The van der Waals surface area contributed by atoms with Gasteiger partial charge in [0.25, 0.3) is 0 Å². The van der Waals surface area contributed by atoms with Gasteiger partial charge in [0.1, 0.15) is 11.6 Å². The zero-order valence-electron chi connectivity index (χ0n) is 42.3. The fourth-order valence-electron chi connectivity index (χ4n) is 15.1. The summed E-state index contributed by atoms with van der Waals surface area (Å²) in [6.45, 7) is 15.0. The number of nitrogens with zero attached hydrogens (tertiary/aromatic N) is 6. The maximum absolute atomic E-state index is 16.2. The van der Waals surface area contributed by atoms with E-state index in [-0.39, 0.29) is 33.3 Å². The number of likely N-dealkylation sites (tertiary alicyclic amines) is 2. The van der Waals surface area contributed by atoms with Gasteiger partial charge in [0.15, 0.2) is 0 Å². The maximum atomic E-state index is 16.2. The summed E-state index contributed by atoms with van der Waals surface area (Å²) in [6, 6.07) is 62.7. The van der Waals surface area contributed by atoms with Crippen molar-refractivity contribution in [1.29, 1.82) is 0 Å². The van der Waals surface area contributed by atoms with Crippen LogP contribution in [0.25, 0.3) is 44.3 Å². The van der Waals surface area contributed by atoms with Crippen LogP contribution in [-0.2, 0) is 34.7 Å². The highest BCUT2D eigenvalue weighted by Gasteiger charge is 2.79. The standard InChI is InChI=1S/C66H58F2N6/c1-43-29-59-48(35-69-73(59)53-25-23-52(67)24-26-53)32-56(43)66-42-72(40-62(66)64(66,4)51-21-12-7-13-22-51)38-46-17-14-18-47(31-46)55-34-54(27-28-58(55)68)74-60-30-44(2)57(33-49(60)36-70-74)65-41-71(37-45-15-8-5-9-16-45)39-61(65)63(65,3)50-19-10-6-11-20-50/h5-36,61-62H,37-42H2,1-4H3/t61-,62+,63-,64+,65+,66-/m0/s1. The Hall–Kier alpha value is -7.52. The van der Waals surface area contributed by atoms with Crippen LogP contribution in [0.3, 0.4) is 0 Å². The van der Waals surface area contributed by atoms with Crippen molar-refractivity contribution in [2.75, 3.05) is 26.2 Å². The molecule has 0 radical (unpaired) electrons. The number of hydrogen-bond acceptors (Lipinski definition) is 4. The van der Waals surface area contributed by atoms with Gasteiger partial charge in [-0.25, -0.2) is 18.1 Å². The van der Waals surface area contributed by atoms with Crippen molar-refractivity contribution >= 4 is 21.8 Å². The van der Waals surface area contributed by atoms with Crippen molar-refractivity contribution < 1.29 is 8.78 Å². The predicted octanol–water partition coefficient (Wildman–Crippen LogP) is 13.6. The van der Waals surface area contributed by atoms with E-state index in [1.54, 1.807) is 18.2 Å². The lowest BCUT2D eigenvalue weighted by molar-refractivity contribution is 0.260. The molecule has 8 heteroatoms. The smallest absolute Gasteiger partial charge is 0.131 e. The summed E-state index contributed by atoms with van der Waals surface area (Å²) in [5.41, 5.74) is 15.5. The third kappa shape index (κ3) is 6.53. The summed E-state index contributed by atoms with van der Waals surface area (Å²) in [7, 11) is 0. The Bertz CT molecular complexity index is 3810. The van der Waals surface area contributed by atoms with Crippen LogP contribution >= 0.6 is 0 Å². The fourth-order valence-corrected chi connectivity index (χ4v) is 15.1. The highest BCUT2D eigenvalue weighted by Crippen LogP contribution is 2.75. The summed E-state index contributed by atoms with van der Waals surface area (Å²) in [5.74, 6) is 0.364. The highest BCUT2D eigenvalue weighted by molar-refractivity contribution is 5.85. The van der Waals surface area contributed by atoms with Gasteiger partial charge in [-0.1, -0.05) is 123 Å². The van der Waals surface area contributed by atoms with Crippen molar-refractivity contribution in [3.8, 4) is 22.5 Å². The Morgan fingerprint density at radius 3 is 1.54 bits per heavy atom. The second-order valence-electron chi connectivity index (χ2n) is 22.4. The van der Waals surface area contributed by atoms with Crippen LogP contribution < -0.4 is 0 Å². The molecule has 4 aliphatic rings. The van der Waals surface area contributed by atoms with E-state index in [9.17, 15) is 4.39 Å². The Morgan fingerprint density at radius 1 is 0.500 bits per heavy atom. The summed E-state index contributed by atoms with van der Waals surface area (Å²) in [5, 5.41) is 11.9. The van der Waals surface area contributed by atoms with Crippen molar-refractivity contribution in [1.82, 2.24) is 29.4 Å². The molecule has 74 heavy (non-hydrogen) atoms. The number of benzene rings is 8. The summed E-state index contributed by atoms with van der Waals surface area (Å²) < 4.78 is 34.0. The number of aromatic nitrogens is 4. The molecule has 10 aromatic rings. The van der Waals surface area contributed by atoms with E-state index >= 15 is 4.39 Å². The average molecular weight is 973 g/mol. The normalized spacial score (nSPS) is 25.2.